The summed E-state index contributed by atoms with van der Waals surface area (Å²) < 4.78 is 0. The molecule has 0 unspecified atom stereocenters. The van der Waals surface area contributed by atoms with Crippen molar-refractivity contribution in [1.82, 2.24) is 5.32 Å². The highest BCUT2D eigenvalue weighted by Gasteiger charge is 2.28. The molecule has 112 valence electrons. The number of rotatable bonds is 8. The Hall–Kier alpha value is -1.68. The molecule has 0 atom stereocenters. The van der Waals surface area contributed by atoms with Gasteiger partial charge in [0.05, 0.1) is 6.61 Å². The number of nitrogens with two attached hydrogens (primary N) is 1. The van der Waals surface area contributed by atoms with Crippen molar-refractivity contribution in [3.05, 3.63) is 71.8 Å². The maximum Gasteiger partial charge on any atom is 0.0556 e. The lowest BCUT2D eigenvalue weighted by molar-refractivity contribution is 0.250. The molecule has 0 spiro atoms. The fraction of sp³-hybridized carbons (Fsp3) is 0.333. The minimum atomic E-state index is -0.231. The number of benzene rings is 2. The summed E-state index contributed by atoms with van der Waals surface area (Å²) in [4.78, 5) is 0. The van der Waals surface area contributed by atoms with Crippen LogP contribution in [-0.4, -0.2) is 30.3 Å². The van der Waals surface area contributed by atoms with Gasteiger partial charge in [-0.3, -0.25) is 0 Å². The smallest absolute Gasteiger partial charge is 0.0556 e. The molecule has 2 rings (SSSR count). The Bertz CT molecular complexity index is 472. The van der Waals surface area contributed by atoms with Crippen LogP contribution in [0.4, 0.5) is 0 Å². The average Bonchev–Trinajstić information content (AvgIpc) is 2.54. The first kappa shape index (κ1) is 15.7. The molecule has 2 aromatic carbocycles. The largest absolute Gasteiger partial charge is 0.395 e. The number of hydrogen-bond acceptors (Lipinski definition) is 3. The van der Waals surface area contributed by atoms with Crippen LogP contribution in [0.3, 0.4) is 0 Å². The van der Waals surface area contributed by atoms with E-state index in [0.29, 0.717) is 13.1 Å². The number of nitrogens with one attached hydrogen (secondary N) is 1. The summed E-state index contributed by atoms with van der Waals surface area (Å²) in [6.07, 6.45) is 1.69. The van der Waals surface area contributed by atoms with Crippen LogP contribution in [0.1, 0.15) is 11.1 Å². The molecule has 4 N–H and O–H groups in total. The summed E-state index contributed by atoms with van der Waals surface area (Å²) >= 11 is 0. The molecule has 3 nitrogen and oxygen atoms in total. The zero-order chi connectivity index (χ0) is 15.0. The van der Waals surface area contributed by atoms with Gasteiger partial charge in [0.15, 0.2) is 0 Å². The van der Waals surface area contributed by atoms with E-state index in [9.17, 15) is 0 Å². The lowest BCUT2D eigenvalue weighted by atomic mass is 9.84. The Labute approximate surface area is 126 Å². The molecule has 3 heteroatoms. The quantitative estimate of drug-likeness (QED) is 0.692. The van der Waals surface area contributed by atoms with Crippen molar-refractivity contribution < 1.29 is 5.11 Å². The molecule has 0 aliphatic carbocycles. The highest BCUT2D eigenvalue weighted by Crippen LogP contribution is 2.18. The van der Waals surface area contributed by atoms with Crippen molar-refractivity contribution in [3.63, 3.8) is 0 Å². The highest BCUT2D eigenvalue weighted by molar-refractivity contribution is 5.23. The van der Waals surface area contributed by atoms with Crippen LogP contribution >= 0.6 is 0 Å². The van der Waals surface area contributed by atoms with Crippen LogP contribution in [0.15, 0.2) is 60.7 Å². The highest BCUT2D eigenvalue weighted by atomic mass is 16.3. The van der Waals surface area contributed by atoms with Crippen molar-refractivity contribution in [2.75, 3.05) is 19.7 Å². The van der Waals surface area contributed by atoms with E-state index in [1.54, 1.807) is 0 Å². The van der Waals surface area contributed by atoms with E-state index >= 15 is 0 Å². The second kappa shape index (κ2) is 7.93. The molecule has 0 bridgehead atoms. The third kappa shape index (κ3) is 4.67. The maximum absolute atomic E-state index is 9.15. The third-order valence-electron chi connectivity index (χ3n) is 3.77. The third-order valence-corrected chi connectivity index (χ3v) is 3.77. The van der Waals surface area contributed by atoms with E-state index in [1.165, 1.54) is 11.1 Å². The Kier molecular flexibility index (Phi) is 5.93. The van der Waals surface area contributed by atoms with Crippen molar-refractivity contribution in [2.45, 2.75) is 18.4 Å². The Morgan fingerprint density at radius 2 is 1.33 bits per heavy atom. The van der Waals surface area contributed by atoms with Gasteiger partial charge in [-0.2, -0.15) is 0 Å². The van der Waals surface area contributed by atoms with Gasteiger partial charge in [-0.15, -0.1) is 0 Å². The molecule has 0 saturated carbocycles. The molecule has 2 aromatic rings. The number of hydrogen-bond donors (Lipinski definition) is 3. The van der Waals surface area contributed by atoms with Gasteiger partial charge in [-0.1, -0.05) is 60.7 Å². The van der Waals surface area contributed by atoms with Crippen LogP contribution in [0.25, 0.3) is 0 Å². The maximum atomic E-state index is 9.15. The topological polar surface area (TPSA) is 58.3 Å². The van der Waals surface area contributed by atoms with Crippen molar-refractivity contribution in [1.29, 1.82) is 0 Å². The molecule has 0 aliphatic heterocycles. The van der Waals surface area contributed by atoms with Gasteiger partial charge < -0.3 is 16.2 Å². The van der Waals surface area contributed by atoms with Crippen LogP contribution in [-0.2, 0) is 12.8 Å². The number of β-amino-alcohol motifs (C(OH)–C–C–N with tert-alkyl or cyclic N) is 1. The first-order valence-corrected chi connectivity index (χ1v) is 7.42. The molecular formula is C18H24N2O. The minimum absolute atomic E-state index is 0.116. The SMILES string of the molecule is NCC(Cc1ccccc1)(Cc1ccccc1)NCCO. The van der Waals surface area contributed by atoms with Crippen molar-refractivity contribution in [3.8, 4) is 0 Å². The lowest BCUT2D eigenvalue weighted by Crippen LogP contribution is -2.55. The van der Waals surface area contributed by atoms with E-state index in [2.05, 4.69) is 29.6 Å². The zero-order valence-corrected chi connectivity index (χ0v) is 12.3. The summed E-state index contributed by atoms with van der Waals surface area (Å²) in [5, 5.41) is 12.6. The Morgan fingerprint density at radius 1 is 0.857 bits per heavy atom. The van der Waals surface area contributed by atoms with Crippen LogP contribution in [0.2, 0.25) is 0 Å². The molecule has 0 radical (unpaired) electrons. The first-order valence-electron chi connectivity index (χ1n) is 7.42. The van der Waals surface area contributed by atoms with E-state index in [4.69, 9.17) is 10.8 Å². The minimum Gasteiger partial charge on any atom is -0.395 e. The van der Waals surface area contributed by atoms with Gasteiger partial charge >= 0.3 is 0 Å². The van der Waals surface area contributed by atoms with Crippen LogP contribution in [0, 0.1) is 0 Å². The lowest BCUT2D eigenvalue weighted by Gasteiger charge is -2.34. The fourth-order valence-electron chi connectivity index (χ4n) is 2.70. The van der Waals surface area contributed by atoms with E-state index < -0.39 is 0 Å². The molecular weight excluding hydrogens is 260 g/mol. The van der Waals surface area contributed by atoms with E-state index in [-0.39, 0.29) is 12.1 Å². The van der Waals surface area contributed by atoms with Gasteiger partial charge in [0.2, 0.25) is 0 Å². The second-order valence-electron chi connectivity index (χ2n) is 5.46. The molecule has 0 amide bonds. The van der Waals surface area contributed by atoms with Gasteiger partial charge in [-0.25, -0.2) is 0 Å². The predicted molar refractivity (Wildman–Crippen MR) is 87.2 cm³/mol. The van der Waals surface area contributed by atoms with Gasteiger partial charge in [-0.05, 0) is 24.0 Å². The summed E-state index contributed by atoms with van der Waals surface area (Å²) in [5.41, 5.74) is 8.38. The van der Waals surface area contributed by atoms with E-state index in [1.807, 2.05) is 36.4 Å². The summed E-state index contributed by atoms with van der Waals surface area (Å²) in [6.45, 7) is 1.19. The fourth-order valence-corrected chi connectivity index (χ4v) is 2.70. The number of aliphatic hydroxyl groups excluding tert-OH is 1. The van der Waals surface area contributed by atoms with Crippen LogP contribution < -0.4 is 11.1 Å². The molecule has 0 saturated heterocycles. The van der Waals surface area contributed by atoms with Crippen molar-refractivity contribution >= 4 is 0 Å². The zero-order valence-electron chi connectivity index (χ0n) is 12.3. The monoisotopic (exact) mass is 284 g/mol. The molecule has 0 heterocycles. The Morgan fingerprint density at radius 3 is 1.71 bits per heavy atom. The van der Waals surface area contributed by atoms with E-state index in [0.717, 1.165) is 12.8 Å². The molecule has 0 aliphatic rings. The summed E-state index contributed by atoms with van der Waals surface area (Å²) in [6, 6.07) is 20.7. The number of aliphatic hydroxyl groups is 1. The van der Waals surface area contributed by atoms with Crippen molar-refractivity contribution in [2.24, 2.45) is 5.73 Å². The Balaban J connectivity index is 2.20. The van der Waals surface area contributed by atoms with Gasteiger partial charge in [0.1, 0.15) is 0 Å². The second-order valence-corrected chi connectivity index (χ2v) is 5.46. The van der Waals surface area contributed by atoms with Gasteiger partial charge in [0, 0.05) is 18.6 Å². The normalized spacial score (nSPS) is 11.5. The average molecular weight is 284 g/mol. The summed E-state index contributed by atoms with van der Waals surface area (Å²) in [7, 11) is 0. The first-order chi connectivity index (χ1) is 10.3. The summed E-state index contributed by atoms with van der Waals surface area (Å²) in [5.74, 6) is 0. The predicted octanol–water partition coefficient (Wildman–Crippen LogP) is 1.75. The molecule has 0 fully saturated rings. The molecule has 21 heavy (non-hydrogen) atoms. The standard InChI is InChI=1S/C18H24N2O/c19-15-18(20-11-12-21,13-16-7-3-1-4-8-16)14-17-9-5-2-6-10-17/h1-10,20-21H,11-15,19H2. The van der Waals surface area contributed by atoms with Crippen LogP contribution in [0.5, 0.6) is 0 Å². The molecule has 0 aromatic heterocycles. The van der Waals surface area contributed by atoms with Gasteiger partial charge in [0.25, 0.3) is 0 Å².